The fourth-order valence-corrected chi connectivity index (χ4v) is 5.46. The molecule has 4 rings (SSSR count). The molecule has 0 amide bonds. The van der Waals surface area contributed by atoms with Crippen molar-refractivity contribution in [3.8, 4) is 5.75 Å². The van der Waals surface area contributed by atoms with Gasteiger partial charge in [0.25, 0.3) is 0 Å². The maximum absolute atomic E-state index is 5.42. The fraction of sp³-hybridized carbons (Fsp3) is 0.600. The Morgan fingerprint density at radius 1 is 1.38 bits per heavy atom. The third-order valence-electron chi connectivity index (χ3n) is 6.60. The molecule has 1 nitrogen and oxygen atoms in total. The third kappa shape index (κ3) is 1.89. The number of hydrogen-bond acceptors (Lipinski definition) is 1. The van der Waals surface area contributed by atoms with E-state index in [0.717, 1.165) is 23.5 Å². The van der Waals surface area contributed by atoms with Crippen LogP contribution < -0.4 is 4.74 Å². The van der Waals surface area contributed by atoms with Crippen LogP contribution in [0.1, 0.15) is 56.1 Å². The molecule has 1 radical (unpaired) electrons. The first-order chi connectivity index (χ1) is 10.3. The molecule has 0 N–H and O–H groups in total. The summed E-state index contributed by atoms with van der Waals surface area (Å²) in [6.07, 6.45) is 13.0. The summed E-state index contributed by atoms with van der Waals surface area (Å²) in [5.41, 5.74) is 3.61. The van der Waals surface area contributed by atoms with E-state index >= 15 is 0 Å². The number of aryl methyl sites for hydroxylation is 1. The Kier molecular flexibility index (Phi) is 3.13. The normalized spacial score (nSPS) is 36.8. The van der Waals surface area contributed by atoms with E-state index in [-0.39, 0.29) is 0 Å². The Hall–Kier alpha value is -1.24. The van der Waals surface area contributed by atoms with Crippen LogP contribution in [0.15, 0.2) is 24.3 Å². The zero-order valence-corrected chi connectivity index (χ0v) is 13.2. The highest BCUT2D eigenvalue weighted by Crippen LogP contribution is 2.60. The molecule has 0 aromatic heterocycles. The van der Waals surface area contributed by atoms with Crippen molar-refractivity contribution in [2.24, 2.45) is 17.3 Å². The van der Waals surface area contributed by atoms with Gasteiger partial charge in [0.15, 0.2) is 0 Å². The first-order valence-electron chi connectivity index (χ1n) is 8.53. The standard InChI is InChI=1S/C20H25O/c1-3-20-11-4-5-19(20)17-9-7-14-6-8-15(21-2)13-18(14)16(17)10-12-20/h4,6,11,13,16-17,19H,3,5,7,9-10,12H2,1-2H3/t16-,17+,19-,20-/m0/s1. The van der Waals surface area contributed by atoms with Crippen LogP contribution in [0.2, 0.25) is 0 Å². The molecule has 1 fully saturated rings. The summed E-state index contributed by atoms with van der Waals surface area (Å²) in [7, 11) is 1.75. The topological polar surface area (TPSA) is 9.23 Å². The summed E-state index contributed by atoms with van der Waals surface area (Å²) in [4.78, 5) is 0. The summed E-state index contributed by atoms with van der Waals surface area (Å²) in [6.45, 7) is 2.39. The van der Waals surface area contributed by atoms with E-state index in [4.69, 9.17) is 4.74 Å². The van der Waals surface area contributed by atoms with E-state index in [1.165, 1.54) is 44.1 Å². The first-order valence-corrected chi connectivity index (χ1v) is 8.53. The largest absolute Gasteiger partial charge is 0.496 e. The maximum atomic E-state index is 5.42. The maximum Gasteiger partial charge on any atom is 0.127 e. The summed E-state index contributed by atoms with van der Waals surface area (Å²) in [5, 5.41) is 0. The Balaban J connectivity index is 1.71. The van der Waals surface area contributed by atoms with Crippen LogP contribution in [0, 0.1) is 23.3 Å². The molecule has 0 aliphatic heterocycles. The van der Waals surface area contributed by atoms with Crippen molar-refractivity contribution >= 4 is 0 Å². The lowest BCUT2D eigenvalue weighted by molar-refractivity contribution is 0.0653. The van der Waals surface area contributed by atoms with E-state index in [1.807, 2.05) is 0 Å². The Bertz CT molecular complexity index is 573. The van der Waals surface area contributed by atoms with Gasteiger partial charge in [-0.1, -0.05) is 19.1 Å². The second-order valence-electron chi connectivity index (χ2n) is 7.16. The minimum atomic E-state index is 0.518. The van der Waals surface area contributed by atoms with Gasteiger partial charge in [-0.3, -0.25) is 0 Å². The second-order valence-corrected chi connectivity index (χ2v) is 7.16. The van der Waals surface area contributed by atoms with Gasteiger partial charge < -0.3 is 4.74 Å². The lowest BCUT2D eigenvalue weighted by atomic mass is 9.54. The van der Waals surface area contributed by atoms with Gasteiger partial charge in [-0.25, -0.2) is 0 Å². The summed E-state index contributed by atoms with van der Waals surface area (Å²) < 4.78 is 5.42. The molecule has 3 aliphatic carbocycles. The Labute approximate surface area is 128 Å². The van der Waals surface area contributed by atoms with Gasteiger partial charge in [0.2, 0.25) is 0 Å². The van der Waals surface area contributed by atoms with Gasteiger partial charge in [-0.2, -0.15) is 0 Å². The highest BCUT2D eigenvalue weighted by Gasteiger charge is 2.49. The molecule has 0 heterocycles. The molecule has 0 unspecified atom stereocenters. The molecular weight excluding hydrogens is 256 g/mol. The molecule has 1 aromatic carbocycles. The molecule has 0 spiro atoms. The number of benzene rings is 1. The molecule has 0 saturated heterocycles. The highest BCUT2D eigenvalue weighted by molar-refractivity contribution is 5.40. The van der Waals surface area contributed by atoms with Crippen molar-refractivity contribution in [3.63, 3.8) is 0 Å². The summed E-state index contributed by atoms with van der Waals surface area (Å²) in [5.74, 6) is 3.41. The molecular formula is C20H25O. The number of ether oxygens (including phenoxy) is 1. The van der Waals surface area contributed by atoms with Gasteiger partial charge in [0.1, 0.15) is 5.75 Å². The van der Waals surface area contributed by atoms with Crippen LogP contribution in [0.25, 0.3) is 0 Å². The van der Waals surface area contributed by atoms with Crippen LogP contribution in [-0.2, 0) is 6.42 Å². The van der Waals surface area contributed by atoms with Gasteiger partial charge in [0.05, 0.1) is 7.11 Å². The molecule has 4 atom stereocenters. The minimum Gasteiger partial charge on any atom is -0.496 e. The van der Waals surface area contributed by atoms with Crippen LogP contribution in [0.5, 0.6) is 5.75 Å². The average Bonchev–Trinajstić information content (AvgIpc) is 2.98. The van der Waals surface area contributed by atoms with E-state index in [9.17, 15) is 0 Å². The molecule has 1 saturated carbocycles. The number of rotatable bonds is 2. The van der Waals surface area contributed by atoms with Gasteiger partial charge >= 0.3 is 0 Å². The molecule has 3 aliphatic rings. The van der Waals surface area contributed by atoms with Crippen LogP contribution in [0.3, 0.4) is 0 Å². The number of fused-ring (bicyclic) bond motifs is 5. The fourth-order valence-electron chi connectivity index (χ4n) is 5.46. The van der Waals surface area contributed by atoms with E-state index in [2.05, 4.69) is 37.3 Å². The van der Waals surface area contributed by atoms with Crippen LogP contribution in [0.4, 0.5) is 0 Å². The SMILES string of the molecule is CC[C@@]12C=CC[C@H]1[C@@H]1CCc3c[c]c(OC)cc3[C@H]1CC2. The van der Waals surface area contributed by atoms with E-state index in [0.29, 0.717) is 5.41 Å². The highest BCUT2D eigenvalue weighted by atomic mass is 16.5. The van der Waals surface area contributed by atoms with Crippen molar-refractivity contribution in [1.82, 2.24) is 0 Å². The molecule has 0 bridgehead atoms. The molecule has 1 heteroatoms. The number of methoxy groups -OCH3 is 1. The molecule has 111 valence electrons. The molecule has 21 heavy (non-hydrogen) atoms. The zero-order valence-electron chi connectivity index (χ0n) is 13.2. The van der Waals surface area contributed by atoms with Crippen LogP contribution >= 0.6 is 0 Å². The lowest BCUT2D eigenvalue weighted by Crippen LogP contribution is -2.40. The smallest absolute Gasteiger partial charge is 0.127 e. The third-order valence-corrected chi connectivity index (χ3v) is 6.60. The van der Waals surface area contributed by atoms with Crippen LogP contribution in [-0.4, -0.2) is 7.11 Å². The summed E-state index contributed by atoms with van der Waals surface area (Å²) in [6, 6.07) is 7.72. The van der Waals surface area contributed by atoms with Crippen molar-refractivity contribution in [3.05, 3.63) is 41.5 Å². The van der Waals surface area contributed by atoms with Gasteiger partial charge in [-0.15, -0.1) is 0 Å². The first kappa shape index (κ1) is 13.4. The van der Waals surface area contributed by atoms with Gasteiger partial charge in [-0.05, 0) is 85.0 Å². The second kappa shape index (κ2) is 4.90. The quantitative estimate of drug-likeness (QED) is 0.700. The van der Waals surface area contributed by atoms with E-state index < -0.39 is 0 Å². The Morgan fingerprint density at radius 3 is 3.10 bits per heavy atom. The number of hydrogen-bond donors (Lipinski definition) is 0. The van der Waals surface area contributed by atoms with Crippen molar-refractivity contribution in [2.45, 2.75) is 51.4 Å². The monoisotopic (exact) mass is 281 g/mol. The predicted molar refractivity (Wildman–Crippen MR) is 85.6 cm³/mol. The number of allylic oxidation sites excluding steroid dienone is 2. The van der Waals surface area contributed by atoms with Crippen molar-refractivity contribution in [2.75, 3.05) is 7.11 Å². The van der Waals surface area contributed by atoms with Crippen molar-refractivity contribution < 1.29 is 4.74 Å². The van der Waals surface area contributed by atoms with E-state index in [1.54, 1.807) is 12.7 Å². The average molecular weight is 281 g/mol. The zero-order chi connectivity index (χ0) is 14.4. The minimum absolute atomic E-state index is 0.518. The lowest BCUT2D eigenvalue weighted by Gasteiger charge is -2.50. The van der Waals surface area contributed by atoms with Crippen molar-refractivity contribution in [1.29, 1.82) is 0 Å². The molecule has 1 aromatic rings. The van der Waals surface area contributed by atoms with Gasteiger partial charge in [0, 0.05) is 6.07 Å². The predicted octanol–water partition coefficient (Wildman–Crippen LogP) is 4.91. The summed E-state index contributed by atoms with van der Waals surface area (Å²) >= 11 is 0. The Morgan fingerprint density at radius 2 is 2.29 bits per heavy atom.